The molecule has 0 aliphatic rings. The molecule has 0 heterocycles. The van der Waals surface area contributed by atoms with Crippen LogP contribution in [0.3, 0.4) is 0 Å². The van der Waals surface area contributed by atoms with Crippen molar-refractivity contribution in [3.05, 3.63) is 65.7 Å². The molecule has 0 spiro atoms. The summed E-state index contributed by atoms with van der Waals surface area (Å²) in [5.41, 5.74) is 8.77. The van der Waals surface area contributed by atoms with Crippen LogP contribution < -0.4 is 5.73 Å². The Morgan fingerprint density at radius 2 is 1.38 bits per heavy atom. The van der Waals surface area contributed by atoms with Gasteiger partial charge in [0.2, 0.25) is 0 Å². The summed E-state index contributed by atoms with van der Waals surface area (Å²) in [7, 11) is -1.42. The van der Waals surface area contributed by atoms with Crippen molar-refractivity contribution in [2.24, 2.45) is 0 Å². The Hall–Kier alpha value is -1.96. The number of anilines is 1. The van der Waals surface area contributed by atoms with E-state index in [1.54, 1.807) is 0 Å². The highest BCUT2D eigenvalue weighted by Crippen LogP contribution is 2.10. The van der Waals surface area contributed by atoms with Gasteiger partial charge in [0.05, 0.1) is 8.30 Å². The summed E-state index contributed by atoms with van der Waals surface area (Å²) >= 11 is 0. The molecule has 1 nitrogen and oxygen atoms in total. The van der Waals surface area contributed by atoms with Gasteiger partial charge >= 0.3 is 0 Å². The standard InChI is InChI=1S/C14H13N.BH3/c15-14-10-8-13(9-11-14)7-6-12-4-2-1-3-5-12;/h1-11H,15H2;1H3/b7-6+;/i;1D3. The molecule has 2 heteroatoms. The van der Waals surface area contributed by atoms with Crippen molar-refractivity contribution >= 4 is 26.1 Å². The topological polar surface area (TPSA) is 26.0 Å². The maximum absolute atomic E-state index is 5.92. The molecule has 2 rings (SSSR count). The molecule has 2 aromatic rings. The van der Waals surface area contributed by atoms with E-state index in [9.17, 15) is 0 Å². The van der Waals surface area contributed by atoms with Gasteiger partial charge in [-0.1, -0.05) is 54.6 Å². The fourth-order valence-electron chi connectivity index (χ4n) is 1.36. The molecule has 0 fully saturated rings. The fraction of sp³-hybridized carbons (Fsp3) is 0. The summed E-state index contributed by atoms with van der Waals surface area (Å²) in [5.74, 6) is 0. The number of hydrogen-bond acceptors (Lipinski definition) is 1. The summed E-state index contributed by atoms with van der Waals surface area (Å²) in [6, 6.07) is 18.1. The minimum Gasteiger partial charge on any atom is -0.399 e. The third kappa shape index (κ3) is 3.32. The minimum atomic E-state index is -1.42. The van der Waals surface area contributed by atoms with E-state index in [0.717, 1.165) is 11.3 Å². The van der Waals surface area contributed by atoms with E-state index in [0.29, 0.717) is 0 Å². The van der Waals surface area contributed by atoms with E-state index in [-0.39, 0.29) is 0 Å². The first kappa shape index (κ1) is 8.23. The Morgan fingerprint density at radius 3 is 1.94 bits per heavy atom. The van der Waals surface area contributed by atoms with Crippen LogP contribution in [0.25, 0.3) is 12.2 Å². The van der Waals surface area contributed by atoms with Crippen LogP contribution in [0.5, 0.6) is 0 Å². The van der Waals surface area contributed by atoms with Gasteiger partial charge in [0.1, 0.15) is 0 Å². The molecule has 16 heavy (non-hydrogen) atoms. The van der Waals surface area contributed by atoms with E-state index >= 15 is 0 Å². The molecule has 0 aliphatic heterocycles. The molecule has 0 radical (unpaired) electrons. The Kier molecular flexibility index (Phi) is 2.99. The normalized spacial score (nSPS) is 11.9. The SMILES string of the molecule is Nc1ccc(/C=C/c2ccccc2)cc1.[2H]B([2H])[2H]. The lowest BCUT2D eigenvalue weighted by molar-refractivity contribution is 1.64. The van der Waals surface area contributed by atoms with Crippen molar-refractivity contribution < 1.29 is 0 Å². The zero-order valence-corrected chi connectivity index (χ0v) is 9.01. The largest absolute Gasteiger partial charge is 0.399 e. The van der Waals surface area contributed by atoms with Gasteiger partial charge in [-0.25, -0.2) is 0 Å². The van der Waals surface area contributed by atoms with E-state index in [1.165, 1.54) is 5.56 Å². The van der Waals surface area contributed by atoms with Crippen LogP contribution >= 0.6 is 0 Å². The first-order valence-corrected chi connectivity index (χ1v) is 4.93. The first-order valence-electron chi connectivity index (χ1n) is 6.66. The van der Waals surface area contributed by atoms with Crippen molar-refractivity contribution in [3.8, 4) is 0 Å². The van der Waals surface area contributed by atoms with Gasteiger partial charge in [0, 0.05) is 5.69 Å². The third-order valence-electron chi connectivity index (χ3n) is 2.20. The smallest absolute Gasteiger partial charge is 0.0814 e. The summed E-state index contributed by atoms with van der Waals surface area (Å²) in [6.45, 7) is 0. The molecule has 0 saturated carbocycles. The van der Waals surface area contributed by atoms with Crippen molar-refractivity contribution in [1.29, 1.82) is 4.01 Å². The Morgan fingerprint density at radius 1 is 0.875 bits per heavy atom. The highest BCUT2D eigenvalue weighted by atomic mass is 14.5. The van der Waals surface area contributed by atoms with Crippen LogP contribution in [0, 0.1) is 0 Å². The van der Waals surface area contributed by atoms with Crippen molar-refractivity contribution in [2.75, 3.05) is 5.73 Å². The number of nitrogens with two attached hydrogens (primary N) is 1. The molecule has 0 atom stereocenters. The molecule has 0 saturated heterocycles. The van der Waals surface area contributed by atoms with Crippen LogP contribution in [0.4, 0.5) is 5.69 Å². The predicted octanol–water partition coefficient (Wildman–Crippen LogP) is 2.26. The van der Waals surface area contributed by atoms with Crippen LogP contribution in [-0.2, 0) is 0 Å². The lowest BCUT2D eigenvalue weighted by atomic mass is 10.1. The summed E-state index contributed by atoms with van der Waals surface area (Å²) in [5, 5.41) is 0. The fourth-order valence-corrected chi connectivity index (χ4v) is 1.36. The minimum absolute atomic E-state index is 0.798. The quantitative estimate of drug-likeness (QED) is 0.461. The van der Waals surface area contributed by atoms with Crippen LogP contribution in [0.15, 0.2) is 54.6 Å². The Labute approximate surface area is 102 Å². The molecule has 2 aromatic carbocycles. The third-order valence-corrected chi connectivity index (χ3v) is 2.20. The highest BCUT2D eigenvalue weighted by molar-refractivity contribution is 5.75. The van der Waals surface area contributed by atoms with Gasteiger partial charge in [0.15, 0.2) is 0 Å². The zero-order valence-electron chi connectivity index (χ0n) is 12.0. The number of rotatable bonds is 2. The van der Waals surface area contributed by atoms with Gasteiger partial charge < -0.3 is 5.73 Å². The van der Waals surface area contributed by atoms with Crippen LogP contribution in [-0.4, -0.2) is 12.3 Å². The molecule has 0 unspecified atom stereocenters. The van der Waals surface area contributed by atoms with Crippen LogP contribution in [0.1, 0.15) is 11.1 Å². The van der Waals surface area contributed by atoms with Gasteiger partial charge in [-0.15, -0.1) is 0 Å². The lowest BCUT2D eigenvalue weighted by Crippen LogP contribution is -1.82. The van der Waals surface area contributed by atoms with Crippen molar-refractivity contribution in [2.45, 2.75) is 0 Å². The highest BCUT2D eigenvalue weighted by Gasteiger charge is 1.87. The van der Waals surface area contributed by atoms with Crippen molar-refractivity contribution in [3.63, 3.8) is 0 Å². The average molecular weight is 212 g/mol. The predicted molar refractivity (Wildman–Crippen MR) is 76.2 cm³/mol. The molecule has 80 valence electrons. The zero-order chi connectivity index (χ0) is 14.1. The summed E-state index contributed by atoms with van der Waals surface area (Å²) < 4.78 is 17.8. The molecule has 0 aromatic heterocycles. The van der Waals surface area contributed by atoms with E-state index in [2.05, 4.69) is 24.3 Å². The average Bonchev–Trinajstić information content (AvgIpc) is 2.39. The summed E-state index contributed by atoms with van der Waals surface area (Å²) in [4.78, 5) is 0. The first-order chi connectivity index (χ1) is 9.08. The molecular formula is C14H16BN. The molecular weight excluding hydrogens is 193 g/mol. The monoisotopic (exact) mass is 212 g/mol. The second-order valence-electron chi connectivity index (χ2n) is 3.41. The second kappa shape index (κ2) is 5.81. The van der Waals surface area contributed by atoms with E-state index < -0.39 is 8.30 Å². The maximum atomic E-state index is 5.92. The van der Waals surface area contributed by atoms with E-state index in [4.69, 9.17) is 9.74 Å². The Bertz CT molecular complexity index is 495. The van der Waals surface area contributed by atoms with Gasteiger partial charge in [-0.3, -0.25) is 0 Å². The molecule has 2 N–H and O–H groups in total. The number of nitrogen functional groups attached to an aromatic ring is 1. The number of benzene rings is 2. The maximum Gasteiger partial charge on any atom is 0.0814 e. The Balaban J connectivity index is 0.000000399. The van der Waals surface area contributed by atoms with Gasteiger partial charge in [-0.2, -0.15) is 0 Å². The van der Waals surface area contributed by atoms with Gasteiger partial charge in [-0.05, 0) is 27.3 Å². The summed E-state index contributed by atoms with van der Waals surface area (Å²) in [6.07, 6.45) is 4.17. The second-order valence-corrected chi connectivity index (χ2v) is 3.41. The van der Waals surface area contributed by atoms with E-state index in [1.807, 2.05) is 42.5 Å². The van der Waals surface area contributed by atoms with Crippen molar-refractivity contribution in [1.82, 2.24) is 0 Å². The van der Waals surface area contributed by atoms with Gasteiger partial charge in [0.25, 0.3) is 0 Å². The number of hydrogen-bond donors (Lipinski definition) is 1. The molecule has 0 amide bonds. The van der Waals surface area contributed by atoms with Crippen LogP contribution in [0.2, 0.25) is 0 Å². The lowest BCUT2D eigenvalue weighted by Gasteiger charge is -1.95. The molecule has 0 bridgehead atoms. The molecule has 0 aliphatic carbocycles.